The maximum Gasteiger partial charge on any atom is 0.330 e. The number of H-pyrrole nitrogens is 1. The van der Waals surface area contributed by atoms with Gasteiger partial charge in [0.1, 0.15) is 6.23 Å². The van der Waals surface area contributed by atoms with E-state index in [0.29, 0.717) is 19.1 Å². The lowest BCUT2D eigenvalue weighted by Crippen LogP contribution is -2.34. The molecule has 2 heterocycles. The average molecular weight is 426 g/mol. The maximum absolute atomic E-state index is 11.7. The number of aliphatic hydroxyl groups is 2. The van der Waals surface area contributed by atoms with Crippen molar-refractivity contribution < 1.29 is 33.7 Å². The molecule has 3 atom stereocenters. The number of rotatable bonds is 6. The number of aromatic nitrogens is 2. The summed E-state index contributed by atoms with van der Waals surface area (Å²) in [5.41, 5.74) is -1.51. The molecule has 1 fully saturated rings. The number of aliphatic hydroxyl groups excluding tert-OH is 2. The first-order valence-corrected chi connectivity index (χ1v) is 9.61. The molecule has 0 aliphatic carbocycles. The van der Waals surface area contributed by atoms with Gasteiger partial charge in [0.05, 0.1) is 18.3 Å². The SMILES string of the molecule is CCC.CO.CO.COP(O)OCC1CCC(n2cc(C=O)c(=O)[nH]c2=O)O1. The Morgan fingerprint density at radius 2 is 1.86 bits per heavy atom. The van der Waals surface area contributed by atoms with Crippen LogP contribution >= 0.6 is 8.60 Å². The average Bonchev–Trinajstić information content (AvgIpc) is 3.18. The van der Waals surface area contributed by atoms with Gasteiger partial charge in [-0.1, -0.05) is 20.3 Å². The number of hydrogen-bond acceptors (Lipinski definition) is 9. The Balaban J connectivity index is 0. The van der Waals surface area contributed by atoms with Crippen LogP contribution in [-0.4, -0.2) is 65.0 Å². The van der Waals surface area contributed by atoms with Crippen LogP contribution in [0.2, 0.25) is 0 Å². The molecule has 164 valence electrons. The molecular weight excluding hydrogens is 395 g/mol. The Hall–Kier alpha value is -1.46. The first-order valence-electron chi connectivity index (χ1n) is 8.48. The highest BCUT2D eigenvalue weighted by Crippen LogP contribution is 2.34. The number of aromatic amines is 1. The van der Waals surface area contributed by atoms with E-state index in [1.165, 1.54) is 24.3 Å². The van der Waals surface area contributed by atoms with Crippen LogP contribution in [0.4, 0.5) is 0 Å². The molecule has 1 aliphatic heterocycles. The Morgan fingerprint density at radius 1 is 1.29 bits per heavy atom. The van der Waals surface area contributed by atoms with E-state index in [4.69, 9.17) is 19.5 Å². The van der Waals surface area contributed by atoms with Gasteiger partial charge in [0, 0.05) is 27.5 Å². The first-order chi connectivity index (χ1) is 13.5. The number of nitrogens with zero attached hydrogens (tertiary/aromatic N) is 1. The number of nitrogens with one attached hydrogen (secondary N) is 1. The third kappa shape index (κ3) is 10.2. The molecule has 0 amide bonds. The molecule has 1 saturated heterocycles. The number of aldehydes is 1. The van der Waals surface area contributed by atoms with Crippen molar-refractivity contribution in [3.63, 3.8) is 0 Å². The summed E-state index contributed by atoms with van der Waals surface area (Å²) < 4.78 is 16.4. The molecule has 0 saturated carbocycles. The summed E-state index contributed by atoms with van der Waals surface area (Å²) in [5.74, 6) is 0. The summed E-state index contributed by atoms with van der Waals surface area (Å²) in [6, 6.07) is 0. The van der Waals surface area contributed by atoms with Crippen molar-refractivity contribution in [1.82, 2.24) is 9.55 Å². The van der Waals surface area contributed by atoms with E-state index < -0.39 is 26.1 Å². The number of carbonyl (C=O) groups excluding carboxylic acids is 1. The zero-order valence-corrected chi connectivity index (χ0v) is 17.7. The van der Waals surface area contributed by atoms with E-state index >= 15 is 0 Å². The molecule has 4 N–H and O–H groups in total. The van der Waals surface area contributed by atoms with E-state index in [1.807, 2.05) is 0 Å². The van der Waals surface area contributed by atoms with Crippen molar-refractivity contribution in [2.24, 2.45) is 0 Å². The molecule has 2 rings (SSSR count). The Kier molecular flexibility index (Phi) is 18.1. The van der Waals surface area contributed by atoms with E-state index in [2.05, 4.69) is 23.4 Å². The van der Waals surface area contributed by atoms with Gasteiger partial charge in [-0.15, -0.1) is 0 Å². The van der Waals surface area contributed by atoms with Crippen molar-refractivity contribution >= 4 is 14.9 Å². The van der Waals surface area contributed by atoms with Gasteiger partial charge < -0.3 is 28.9 Å². The summed E-state index contributed by atoms with van der Waals surface area (Å²) in [6.45, 7) is 4.38. The second-order valence-corrected chi connectivity index (χ2v) is 6.18. The van der Waals surface area contributed by atoms with Crippen LogP contribution in [0.3, 0.4) is 0 Å². The molecular formula is C16H31N2O9P. The molecule has 11 nitrogen and oxygen atoms in total. The first kappa shape index (κ1) is 28.7. The van der Waals surface area contributed by atoms with Crippen LogP contribution < -0.4 is 11.2 Å². The monoisotopic (exact) mass is 426 g/mol. The molecule has 0 bridgehead atoms. The predicted octanol–water partition coefficient (Wildman–Crippen LogP) is 0.542. The number of carbonyl (C=O) groups is 1. The largest absolute Gasteiger partial charge is 0.400 e. The molecule has 12 heteroatoms. The molecule has 1 aromatic heterocycles. The van der Waals surface area contributed by atoms with E-state index in [-0.39, 0.29) is 18.3 Å². The van der Waals surface area contributed by atoms with Gasteiger partial charge in [0.15, 0.2) is 6.29 Å². The fourth-order valence-corrected chi connectivity index (χ4v) is 2.41. The molecule has 1 aliphatic rings. The molecule has 0 aromatic carbocycles. The maximum atomic E-state index is 11.7. The minimum atomic E-state index is -1.92. The number of ether oxygens (including phenoxy) is 1. The lowest BCUT2D eigenvalue weighted by molar-refractivity contribution is -0.0221. The smallest absolute Gasteiger partial charge is 0.330 e. The minimum absolute atomic E-state index is 0.130. The van der Waals surface area contributed by atoms with Gasteiger partial charge in [0.25, 0.3) is 5.56 Å². The Labute approximate surface area is 164 Å². The molecule has 1 aromatic rings. The third-order valence-corrected chi connectivity index (χ3v) is 3.73. The fourth-order valence-electron chi connectivity index (χ4n) is 2.01. The molecule has 28 heavy (non-hydrogen) atoms. The highest BCUT2D eigenvalue weighted by Gasteiger charge is 2.28. The highest BCUT2D eigenvalue weighted by molar-refractivity contribution is 7.40. The van der Waals surface area contributed by atoms with Crippen molar-refractivity contribution in [2.45, 2.75) is 45.4 Å². The molecule has 0 radical (unpaired) electrons. The molecule has 3 unspecified atom stereocenters. The van der Waals surface area contributed by atoms with Crippen molar-refractivity contribution in [3.8, 4) is 0 Å². The van der Waals surface area contributed by atoms with Crippen LogP contribution in [0.5, 0.6) is 0 Å². The number of hydrogen-bond donors (Lipinski definition) is 4. The standard InChI is InChI=1S/C11H15N2O7P.C3H8.2CH4O/c1-18-21(17)19-6-8-2-3-9(20-8)13-4-7(5-14)10(15)12-11(13)16;1-3-2;2*1-2/h4-5,8-9,17H,2-3,6H2,1H3,(H,12,15,16);3H2,1-2H3;2*2H,1H3. The van der Waals surface area contributed by atoms with Crippen molar-refractivity contribution in [2.75, 3.05) is 27.9 Å². The fraction of sp³-hybridized carbons (Fsp3) is 0.688. The van der Waals surface area contributed by atoms with Gasteiger partial charge in [-0.25, -0.2) is 4.79 Å². The summed E-state index contributed by atoms with van der Waals surface area (Å²) in [7, 11) is 1.40. The summed E-state index contributed by atoms with van der Waals surface area (Å²) in [6.07, 6.45) is 3.04. The van der Waals surface area contributed by atoms with Crippen molar-refractivity contribution in [3.05, 3.63) is 32.6 Å². The zero-order chi connectivity index (χ0) is 22.1. The zero-order valence-electron chi connectivity index (χ0n) is 16.8. The molecule has 0 spiro atoms. The van der Waals surface area contributed by atoms with Crippen LogP contribution in [0, 0.1) is 0 Å². The Morgan fingerprint density at radius 3 is 2.36 bits per heavy atom. The summed E-state index contributed by atoms with van der Waals surface area (Å²) in [4.78, 5) is 45.0. The van der Waals surface area contributed by atoms with Crippen molar-refractivity contribution in [1.29, 1.82) is 0 Å². The van der Waals surface area contributed by atoms with Crippen LogP contribution in [0.25, 0.3) is 0 Å². The van der Waals surface area contributed by atoms with Crippen LogP contribution in [0.1, 0.15) is 49.7 Å². The minimum Gasteiger partial charge on any atom is -0.400 e. The van der Waals surface area contributed by atoms with Gasteiger partial charge in [-0.2, -0.15) is 0 Å². The quantitative estimate of drug-likeness (QED) is 0.376. The Bertz CT molecular complexity index is 635. The summed E-state index contributed by atoms with van der Waals surface area (Å²) >= 11 is 0. The van der Waals surface area contributed by atoms with E-state index in [1.54, 1.807) is 0 Å². The van der Waals surface area contributed by atoms with E-state index in [0.717, 1.165) is 14.2 Å². The van der Waals surface area contributed by atoms with Crippen LogP contribution in [0.15, 0.2) is 15.8 Å². The van der Waals surface area contributed by atoms with E-state index in [9.17, 15) is 19.3 Å². The van der Waals surface area contributed by atoms with Gasteiger partial charge in [0.2, 0.25) is 0 Å². The second-order valence-electron chi connectivity index (χ2n) is 5.08. The topological polar surface area (TPSA) is 160 Å². The second kappa shape index (κ2) is 17.6. The predicted molar refractivity (Wildman–Crippen MR) is 104 cm³/mol. The van der Waals surface area contributed by atoms with Gasteiger partial charge in [-0.3, -0.25) is 19.1 Å². The lowest BCUT2D eigenvalue weighted by atomic mass is 10.2. The third-order valence-electron chi connectivity index (χ3n) is 3.04. The lowest BCUT2D eigenvalue weighted by Gasteiger charge is -2.16. The van der Waals surface area contributed by atoms with Gasteiger partial charge in [-0.05, 0) is 12.8 Å². The highest BCUT2D eigenvalue weighted by atomic mass is 31.2. The normalized spacial score (nSPS) is 18.4. The summed E-state index contributed by atoms with van der Waals surface area (Å²) in [5, 5.41) is 14.0. The van der Waals surface area contributed by atoms with Gasteiger partial charge >= 0.3 is 14.3 Å². The van der Waals surface area contributed by atoms with Crippen LogP contribution in [-0.2, 0) is 13.8 Å².